The van der Waals surface area contributed by atoms with Crippen LogP contribution in [-0.2, 0) is 0 Å². The lowest BCUT2D eigenvalue weighted by Crippen LogP contribution is -2.31. The summed E-state index contributed by atoms with van der Waals surface area (Å²) in [7, 11) is 0. The van der Waals surface area contributed by atoms with Crippen LogP contribution in [0.3, 0.4) is 0 Å². The van der Waals surface area contributed by atoms with Crippen LogP contribution < -0.4 is 9.47 Å². The van der Waals surface area contributed by atoms with Crippen LogP contribution in [0.25, 0.3) is 0 Å². The summed E-state index contributed by atoms with van der Waals surface area (Å²) < 4.78 is 11.0. The number of ether oxygens (including phenoxy) is 2. The lowest BCUT2D eigenvalue weighted by molar-refractivity contribution is 0.204. The summed E-state index contributed by atoms with van der Waals surface area (Å²) in [6, 6.07) is 24.7. The van der Waals surface area contributed by atoms with Crippen LogP contribution in [-0.4, -0.2) is 53.2 Å². The van der Waals surface area contributed by atoms with Gasteiger partial charge in [0.2, 0.25) is 0 Å². The third-order valence-corrected chi connectivity index (χ3v) is 6.36. The fourth-order valence-electron chi connectivity index (χ4n) is 3.58. The summed E-state index contributed by atoms with van der Waals surface area (Å²) in [5.74, 6) is 3.46. The van der Waals surface area contributed by atoms with Gasteiger partial charge in [0.1, 0.15) is 29.6 Å². The Balaban J connectivity index is 0.000000149. The summed E-state index contributed by atoms with van der Waals surface area (Å²) in [4.78, 5) is 3.54. The third-order valence-electron chi connectivity index (χ3n) is 5.36. The van der Waals surface area contributed by atoms with Gasteiger partial charge in [0.15, 0.2) is 0 Å². The number of fused-ring (bicyclic) bond motifs is 1. The van der Waals surface area contributed by atoms with E-state index in [4.69, 9.17) is 19.7 Å². The number of benzene rings is 3. The van der Waals surface area contributed by atoms with E-state index >= 15 is 0 Å². The van der Waals surface area contributed by atoms with Crippen LogP contribution in [0.5, 0.6) is 23.0 Å². The Morgan fingerprint density at radius 3 is 2.33 bits per heavy atom. The van der Waals surface area contributed by atoms with E-state index in [-0.39, 0.29) is 0 Å². The van der Waals surface area contributed by atoms with Crippen LogP contribution in [0.2, 0.25) is 0 Å². The van der Waals surface area contributed by atoms with Crippen molar-refractivity contribution in [1.29, 1.82) is 0 Å². The van der Waals surface area contributed by atoms with Gasteiger partial charge < -0.3 is 19.7 Å². The molecule has 2 heterocycles. The zero-order chi connectivity index (χ0) is 23.3. The molecule has 0 saturated carbocycles. The number of thioether (sulfide) groups is 1. The normalized spacial score (nSPS) is 16.8. The first kappa shape index (κ1) is 24.8. The van der Waals surface area contributed by atoms with E-state index in [1.54, 1.807) is 54.2 Å². The second-order valence-electron chi connectivity index (χ2n) is 7.85. The molecule has 3 aromatic rings. The number of para-hydroxylation sites is 2. The maximum Gasteiger partial charge on any atom is 0.133 e. The van der Waals surface area contributed by atoms with Crippen LogP contribution in [0.15, 0.2) is 83.8 Å². The first-order chi connectivity index (χ1) is 16.1. The minimum atomic E-state index is 0.307. The summed E-state index contributed by atoms with van der Waals surface area (Å²) in [6.45, 7) is 6.15. The van der Waals surface area contributed by atoms with E-state index in [1.165, 1.54) is 19.4 Å². The fraction of sp³-hybridized carbons (Fsp3) is 0.333. The van der Waals surface area contributed by atoms with Crippen molar-refractivity contribution < 1.29 is 19.7 Å². The molecule has 33 heavy (non-hydrogen) atoms. The molecule has 3 aromatic carbocycles. The second-order valence-corrected chi connectivity index (χ2v) is 8.99. The molecule has 0 bridgehead atoms. The maximum atomic E-state index is 9.12. The lowest BCUT2D eigenvalue weighted by Gasteiger charge is -2.20. The van der Waals surface area contributed by atoms with Gasteiger partial charge in [-0.3, -0.25) is 4.90 Å². The summed E-state index contributed by atoms with van der Waals surface area (Å²) in [5.41, 5.74) is 0. The quantitative estimate of drug-likeness (QED) is 0.504. The van der Waals surface area contributed by atoms with Crippen molar-refractivity contribution in [3.05, 3.63) is 78.9 Å². The van der Waals surface area contributed by atoms with Gasteiger partial charge in [-0.05, 0) is 68.8 Å². The van der Waals surface area contributed by atoms with Gasteiger partial charge in [0, 0.05) is 18.3 Å². The molecule has 2 aliphatic heterocycles. The highest BCUT2D eigenvalue weighted by Gasteiger charge is 2.19. The van der Waals surface area contributed by atoms with Crippen LogP contribution in [0.1, 0.15) is 19.8 Å². The molecule has 1 fully saturated rings. The van der Waals surface area contributed by atoms with E-state index in [0.29, 0.717) is 11.5 Å². The predicted octanol–water partition coefficient (Wildman–Crippen LogP) is 5.82. The number of likely N-dealkylation sites (tertiary alicyclic amines) is 1. The summed E-state index contributed by atoms with van der Waals surface area (Å²) >= 11 is 1.72. The highest BCUT2D eigenvalue weighted by molar-refractivity contribution is 7.99. The summed E-state index contributed by atoms with van der Waals surface area (Å²) in [6.07, 6.45) is 2.68. The molecule has 0 radical (unpaired) electrons. The molecule has 1 saturated heterocycles. The molecule has 0 aliphatic carbocycles. The molecule has 6 heteroatoms. The van der Waals surface area contributed by atoms with E-state index in [9.17, 15) is 0 Å². The van der Waals surface area contributed by atoms with Crippen molar-refractivity contribution in [1.82, 2.24) is 4.90 Å². The van der Waals surface area contributed by atoms with Crippen molar-refractivity contribution >= 4 is 11.8 Å². The van der Waals surface area contributed by atoms with E-state index in [2.05, 4.69) is 11.8 Å². The molecule has 5 rings (SSSR count). The van der Waals surface area contributed by atoms with Crippen LogP contribution >= 0.6 is 11.8 Å². The Hall–Kier alpha value is -2.83. The lowest BCUT2D eigenvalue weighted by atomic mass is 10.2. The zero-order valence-electron chi connectivity index (χ0n) is 19.1. The molecule has 0 aromatic heterocycles. The monoisotopic (exact) mass is 467 g/mol. The van der Waals surface area contributed by atoms with E-state index in [1.807, 2.05) is 36.4 Å². The zero-order valence-corrected chi connectivity index (χ0v) is 19.9. The van der Waals surface area contributed by atoms with Crippen molar-refractivity contribution in [2.45, 2.75) is 30.7 Å². The Bertz CT molecular complexity index is 939. The van der Waals surface area contributed by atoms with Crippen LogP contribution in [0, 0.1) is 0 Å². The molecule has 0 spiro atoms. The predicted molar refractivity (Wildman–Crippen MR) is 135 cm³/mol. The van der Waals surface area contributed by atoms with Gasteiger partial charge in [-0.25, -0.2) is 0 Å². The molecule has 1 unspecified atom stereocenters. The number of phenols is 2. The highest BCUT2D eigenvalue weighted by Crippen LogP contribution is 2.35. The Morgan fingerprint density at radius 1 is 0.970 bits per heavy atom. The van der Waals surface area contributed by atoms with E-state index < -0.39 is 0 Å². The van der Waals surface area contributed by atoms with Gasteiger partial charge in [0.25, 0.3) is 0 Å². The van der Waals surface area contributed by atoms with Crippen molar-refractivity contribution in [2.75, 3.05) is 32.1 Å². The van der Waals surface area contributed by atoms with Gasteiger partial charge in [-0.2, -0.15) is 0 Å². The minimum absolute atomic E-state index is 0.307. The third kappa shape index (κ3) is 8.91. The number of rotatable bonds is 4. The fourth-order valence-corrected chi connectivity index (χ4v) is 4.44. The number of hydrogen-bond donors (Lipinski definition) is 2. The Kier molecular flexibility index (Phi) is 10.3. The number of hydrogen-bond acceptors (Lipinski definition) is 6. The van der Waals surface area contributed by atoms with Crippen molar-refractivity contribution in [3.8, 4) is 23.0 Å². The first-order valence-corrected chi connectivity index (χ1v) is 12.3. The van der Waals surface area contributed by atoms with Gasteiger partial charge in [-0.1, -0.05) is 36.4 Å². The topological polar surface area (TPSA) is 62.2 Å². The molecule has 0 amide bonds. The van der Waals surface area contributed by atoms with Gasteiger partial charge in [-0.15, -0.1) is 11.8 Å². The summed E-state index contributed by atoms with van der Waals surface area (Å²) in [5, 5.41) is 17.8. The molecule has 1 atom stereocenters. The molecule has 2 N–H and O–H groups in total. The molecule has 5 nitrogen and oxygen atoms in total. The van der Waals surface area contributed by atoms with Crippen molar-refractivity contribution in [3.63, 3.8) is 0 Å². The van der Waals surface area contributed by atoms with Gasteiger partial charge >= 0.3 is 0 Å². The largest absolute Gasteiger partial charge is 0.508 e. The van der Waals surface area contributed by atoms with Crippen LogP contribution in [0.4, 0.5) is 0 Å². The molecular weight excluding hydrogens is 434 g/mol. The smallest absolute Gasteiger partial charge is 0.133 e. The molecule has 2 aliphatic rings. The number of nitrogens with zero attached hydrogens (tertiary/aromatic N) is 1. The molecule has 176 valence electrons. The standard InChI is InChI=1S/C13H19NO.C8H8O2S.C6H6O/c1-12-6-5-9-14(12)10-11-15-13-7-3-2-4-8-13;9-6-1-2-7-8(5-6)11-4-3-10-7;7-6-4-2-1-3-5-6/h2-4,7-8,12H,5-6,9-11H2,1H3;1-2,5,9H,3-4H2;1-5,7H. The average Bonchev–Trinajstić information content (AvgIpc) is 3.25. The highest BCUT2D eigenvalue weighted by atomic mass is 32.2. The van der Waals surface area contributed by atoms with Crippen molar-refractivity contribution in [2.24, 2.45) is 0 Å². The number of aromatic hydroxyl groups is 2. The first-order valence-electron chi connectivity index (χ1n) is 11.4. The Labute approximate surface area is 201 Å². The minimum Gasteiger partial charge on any atom is -0.508 e. The molecular formula is C27H33NO4S. The second kappa shape index (κ2) is 13.7. The van der Waals surface area contributed by atoms with E-state index in [0.717, 1.165) is 47.9 Å². The maximum absolute atomic E-state index is 9.12. The van der Waals surface area contributed by atoms with Gasteiger partial charge in [0.05, 0.1) is 11.5 Å². The number of phenolic OH excluding ortho intramolecular Hbond substituents is 2. The SMILES string of the molecule is CC1CCCN1CCOc1ccccc1.Oc1ccc2c(c1)SCCO2.Oc1ccccc1. The average molecular weight is 468 g/mol. The Morgan fingerprint density at radius 2 is 1.70 bits per heavy atom.